The Labute approximate surface area is 135 Å². The minimum atomic E-state index is -1.52. The molecule has 1 nitrogen and oxygen atoms in total. The van der Waals surface area contributed by atoms with Gasteiger partial charge in [-0.2, -0.15) is 0 Å². The van der Waals surface area contributed by atoms with E-state index < -0.39 is 8.32 Å². The van der Waals surface area contributed by atoms with E-state index in [4.69, 9.17) is 4.43 Å². The van der Waals surface area contributed by atoms with Crippen molar-refractivity contribution in [1.82, 2.24) is 0 Å². The van der Waals surface area contributed by atoms with Gasteiger partial charge in [0.25, 0.3) is 0 Å². The Kier molecular flexibility index (Phi) is 9.13. The maximum absolute atomic E-state index is 6.19. The molecule has 0 aliphatic rings. The van der Waals surface area contributed by atoms with Gasteiger partial charge in [-0.25, -0.2) is 0 Å². The molecule has 114 valence electrons. The first-order chi connectivity index (χ1) is 8.56. The first-order valence-electron chi connectivity index (χ1n) is 7.54. The van der Waals surface area contributed by atoms with Crippen LogP contribution in [0.5, 0.6) is 0 Å². The van der Waals surface area contributed by atoms with Crippen LogP contribution in [0.25, 0.3) is 0 Å². The summed E-state index contributed by atoms with van der Waals surface area (Å²) < 4.78 is 7.60. The quantitative estimate of drug-likeness (QED) is 0.257. The van der Waals surface area contributed by atoms with E-state index in [2.05, 4.69) is 76.4 Å². The first-order valence-corrected chi connectivity index (χ1v) is 11.5. The van der Waals surface area contributed by atoms with Crippen LogP contribution in [0, 0.1) is 5.92 Å². The lowest BCUT2D eigenvalue weighted by Crippen LogP contribution is -2.40. The molecule has 0 aliphatic carbocycles. The Bertz CT molecular complexity index is 275. The number of hydrogen-bond acceptors (Lipinski definition) is 1. The summed E-state index contributed by atoms with van der Waals surface area (Å²) in [6, 6.07) is 0. The number of unbranched alkanes of at least 4 members (excludes halogenated alkanes) is 2. The SMILES string of the molecule is C/C(I)=C\[C@H](C)CCCCCO[Si](C)(C)C(C)(C)C. The maximum atomic E-state index is 6.19. The van der Waals surface area contributed by atoms with E-state index in [0.29, 0.717) is 5.04 Å². The predicted octanol–water partition coefficient (Wildman–Crippen LogP) is 6.54. The second kappa shape index (κ2) is 8.83. The maximum Gasteiger partial charge on any atom is 0.191 e. The van der Waals surface area contributed by atoms with E-state index in [9.17, 15) is 0 Å². The molecule has 0 aromatic heterocycles. The number of hydrogen-bond donors (Lipinski definition) is 0. The molecule has 1 atom stereocenters. The third kappa shape index (κ3) is 9.24. The van der Waals surface area contributed by atoms with E-state index >= 15 is 0 Å². The minimum Gasteiger partial charge on any atom is -0.417 e. The highest BCUT2D eigenvalue weighted by atomic mass is 127. The Morgan fingerprint density at radius 2 is 1.79 bits per heavy atom. The Morgan fingerprint density at radius 1 is 1.21 bits per heavy atom. The van der Waals surface area contributed by atoms with Crippen LogP contribution >= 0.6 is 22.6 Å². The van der Waals surface area contributed by atoms with Gasteiger partial charge >= 0.3 is 0 Å². The number of rotatable bonds is 8. The van der Waals surface area contributed by atoms with Crippen LogP contribution in [0.1, 0.15) is 60.3 Å². The molecule has 0 spiro atoms. The van der Waals surface area contributed by atoms with Gasteiger partial charge in [-0.05, 0) is 70.0 Å². The minimum absolute atomic E-state index is 0.337. The van der Waals surface area contributed by atoms with E-state index in [1.54, 1.807) is 0 Å². The lowest BCUT2D eigenvalue weighted by molar-refractivity contribution is 0.276. The predicted molar refractivity (Wildman–Crippen MR) is 98.6 cm³/mol. The molecule has 0 saturated heterocycles. The molecule has 0 heterocycles. The zero-order valence-electron chi connectivity index (χ0n) is 14.0. The van der Waals surface area contributed by atoms with Crippen LogP contribution in [-0.4, -0.2) is 14.9 Å². The second-order valence-electron chi connectivity index (χ2n) is 7.19. The van der Waals surface area contributed by atoms with Crippen molar-refractivity contribution in [2.75, 3.05) is 6.61 Å². The van der Waals surface area contributed by atoms with Crippen LogP contribution in [-0.2, 0) is 4.43 Å². The highest BCUT2D eigenvalue weighted by Crippen LogP contribution is 2.36. The van der Waals surface area contributed by atoms with Crippen molar-refractivity contribution in [3.63, 3.8) is 0 Å². The summed E-state index contributed by atoms with van der Waals surface area (Å²) in [5, 5.41) is 0.337. The molecule has 19 heavy (non-hydrogen) atoms. The fraction of sp³-hybridized carbons (Fsp3) is 0.875. The third-order valence-corrected chi connectivity index (χ3v) is 8.98. The van der Waals surface area contributed by atoms with Crippen molar-refractivity contribution < 1.29 is 4.43 Å². The van der Waals surface area contributed by atoms with Crippen molar-refractivity contribution in [3.05, 3.63) is 9.66 Å². The number of halogens is 1. The van der Waals surface area contributed by atoms with Crippen LogP contribution in [0.2, 0.25) is 18.1 Å². The zero-order chi connectivity index (χ0) is 15.1. The Balaban J connectivity index is 3.70. The molecule has 0 aliphatic heterocycles. The fourth-order valence-electron chi connectivity index (χ4n) is 1.76. The van der Waals surface area contributed by atoms with Crippen LogP contribution in [0.3, 0.4) is 0 Å². The van der Waals surface area contributed by atoms with Crippen molar-refractivity contribution >= 4 is 30.9 Å². The largest absolute Gasteiger partial charge is 0.417 e. The summed E-state index contributed by atoms with van der Waals surface area (Å²) in [6.45, 7) is 17.0. The van der Waals surface area contributed by atoms with E-state index in [1.807, 2.05) is 0 Å². The average molecular weight is 396 g/mol. The Morgan fingerprint density at radius 3 is 2.26 bits per heavy atom. The van der Waals surface area contributed by atoms with Gasteiger partial charge in [-0.15, -0.1) is 0 Å². The summed E-state index contributed by atoms with van der Waals surface area (Å²) >= 11 is 2.39. The summed E-state index contributed by atoms with van der Waals surface area (Å²) in [5.74, 6) is 0.721. The monoisotopic (exact) mass is 396 g/mol. The smallest absolute Gasteiger partial charge is 0.191 e. The van der Waals surface area contributed by atoms with E-state index in [0.717, 1.165) is 12.5 Å². The van der Waals surface area contributed by atoms with Crippen LogP contribution in [0.15, 0.2) is 9.66 Å². The van der Waals surface area contributed by atoms with E-state index in [-0.39, 0.29) is 0 Å². The molecule has 0 amide bonds. The summed E-state index contributed by atoms with van der Waals surface area (Å²) in [5.41, 5.74) is 0. The molecule has 0 unspecified atom stereocenters. The lowest BCUT2D eigenvalue weighted by atomic mass is 10.0. The van der Waals surface area contributed by atoms with Gasteiger partial charge < -0.3 is 4.43 Å². The summed E-state index contributed by atoms with van der Waals surface area (Å²) in [6.07, 6.45) is 7.51. The second-order valence-corrected chi connectivity index (χ2v) is 13.7. The summed E-state index contributed by atoms with van der Waals surface area (Å²) in [4.78, 5) is 0. The van der Waals surface area contributed by atoms with Crippen molar-refractivity contribution in [2.24, 2.45) is 5.92 Å². The molecule has 0 aromatic rings. The van der Waals surface area contributed by atoms with Crippen molar-refractivity contribution in [3.8, 4) is 0 Å². The zero-order valence-corrected chi connectivity index (χ0v) is 17.1. The molecule has 0 aromatic carbocycles. The highest BCUT2D eigenvalue weighted by Gasteiger charge is 2.36. The molecule has 0 rings (SSSR count). The molecular formula is C16H33IOSi. The third-order valence-electron chi connectivity index (χ3n) is 4.09. The lowest BCUT2D eigenvalue weighted by Gasteiger charge is -2.36. The molecule has 3 heteroatoms. The Hall–Kier alpha value is 0.647. The topological polar surface area (TPSA) is 9.23 Å². The van der Waals surface area contributed by atoms with Crippen LogP contribution < -0.4 is 0 Å². The van der Waals surface area contributed by atoms with Crippen molar-refractivity contribution in [2.45, 2.75) is 78.4 Å². The highest BCUT2D eigenvalue weighted by molar-refractivity contribution is 14.1. The number of allylic oxidation sites excluding steroid dienone is 2. The first kappa shape index (κ1) is 19.6. The molecule has 0 bridgehead atoms. The van der Waals surface area contributed by atoms with Crippen LogP contribution in [0.4, 0.5) is 0 Å². The van der Waals surface area contributed by atoms with Gasteiger partial charge in [0, 0.05) is 6.61 Å². The fourth-order valence-corrected chi connectivity index (χ4v) is 3.47. The molecule has 0 N–H and O–H groups in total. The van der Waals surface area contributed by atoms with Gasteiger partial charge in [0.15, 0.2) is 8.32 Å². The van der Waals surface area contributed by atoms with Gasteiger partial charge in [0.05, 0.1) is 0 Å². The standard InChI is InChI=1S/C16H33IOSi/c1-14(13-15(2)17)11-9-8-10-12-18-19(6,7)16(3,4)5/h13-14H,8-12H2,1-7H3/b15-13+/t14-/m1/s1. The normalized spacial score (nSPS) is 15.7. The summed E-state index contributed by atoms with van der Waals surface area (Å²) in [7, 11) is -1.52. The average Bonchev–Trinajstić information content (AvgIpc) is 2.20. The molecule has 0 radical (unpaired) electrons. The van der Waals surface area contributed by atoms with Gasteiger partial charge in [0.2, 0.25) is 0 Å². The van der Waals surface area contributed by atoms with Gasteiger partial charge in [-0.3, -0.25) is 0 Å². The van der Waals surface area contributed by atoms with Gasteiger partial charge in [0.1, 0.15) is 0 Å². The van der Waals surface area contributed by atoms with Crippen molar-refractivity contribution in [1.29, 1.82) is 0 Å². The molecule has 0 saturated carbocycles. The molecule has 0 fully saturated rings. The molecular weight excluding hydrogens is 363 g/mol. The van der Waals surface area contributed by atoms with Gasteiger partial charge in [-0.1, -0.05) is 46.6 Å². The van der Waals surface area contributed by atoms with E-state index in [1.165, 1.54) is 29.3 Å².